The minimum absolute atomic E-state index is 0.0691. The predicted octanol–water partition coefficient (Wildman–Crippen LogP) is 2.01. The van der Waals surface area contributed by atoms with Crippen LogP contribution in [0.1, 0.15) is 49.4 Å². The molecule has 3 heterocycles. The minimum Gasteiger partial charge on any atom is -0.371 e. The third kappa shape index (κ3) is 4.00. The second-order valence-corrected chi connectivity index (χ2v) is 7.03. The number of likely N-dealkylation sites (tertiary alicyclic amines) is 1. The van der Waals surface area contributed by atoms with Crippen molar-refractivity contribution in [2.45, 2.75) is 44.6 Å². The number of nitrogens with one attached hydrogen (secondary N) is 1. The summed E-state index contributed by atoms with van der Waals surface area (Å²) in [4.78, 5) is 30.0. The van der Waals surface area contributed by atoms with Gasteiger partial charge in [0.2, 0.25) is 5.91 Å². The highest BCUT2D eigenvalue weighted by atomic mass is 16.5. The summed E-state index contributed by atoms with van der Waals surface area (Å²) >= 11 is 0. The number of amides is 2. The van der Waals surface area contributed by atoms with Crippen molar-refractivity contribution in [3.8, 4) is 0 Å². The second-order valence-electron chi connectivity index (χ2n) is 7.03. The van der Waals surface area contributed by atoms with E-state index in [1.807, 2.05) is 4.90 Å². The Kier molecular flexibility index (Phi) is 5.68. The molecular formula is C19H27N3O3. The summed E-state index contributed by atoms with van der Waals surface area (Å²) in [5.41, 5.74) is 0.451. The lowest BCUT2D eigenvalue weighted by Crippen LogP contribution is -2.66. The Morgan fingerprint density at radius 2 is 2.12 bits per heavy atom. The highest BCUT2D eigenvalue weighted by molar-refractivity contribution is 5.93. The lowest BCUT2D eigenvalue weighted by atomic mass is 9.78. The molecule has 1 spiro atoms. The van der Waals surface area contributed by atoms with Crippen molar-refractivity contribution in [1.29, 1.82) is 0 Å². The number of carbonyl (C=O) groups excluding carboxylic acids is 2. The Morgan fingerprint density at radius 3 is 2.84 bits per heavy atom. The van der Waals surface area contributed by atoms with E-state index in [9.17, 15) is 9.59 Å². The molecule has 1 atom stereocenters. The number of unbranched alkanes of at least 4 members (excludes halogenated alkanes) is 1. The monoisotopic (exact) mass is 345 g/mol. The van der Waals surface area contributed by atoms with Crippen molar-refractivity contribution in [2.24, 2.45) is 5.92 Å². The zero-order chi connectivity index (χ0) is 17.7. The SMILES string of the molecule is CCCCC(=O)N1CC2(C1)OCC[C@@H]2CCNC(=O)c1ccncc1. The predicted molar refractivity (Wildman–Crippen MR) is 94.1 cm³/mol. The Labute approximate surface area is 148 Å². The van der Waals surface area contributed by atoms with E-state index < -0.39 is 0 Å². The fourth-order valence-electron chi connectivity index (χ4n) is 3.77. The quantitative estimate of drug-likeness (QED) is 0.820. The molecule has 0 radical (unpaired) electrons. The van der Waals surface area contributed by atoms with Gasteiger partial charge in [-0.1, -0.05) is 13.3 Å². The summed E-state index contributed by atoms with van der Waals surface area (Å²) in [6.07, 6.45) is 7.75. The van der Waals surface area contributed by atoms with Gasteiger partial charge in [-0.25, -0.2) is 0 Å². The fraction of sp³-hybridized carbons (Fsp3) is 0.632. The molecule has 0 unspecified atom stereocenters. The van der Waals surface area contributed by atoms with Crippen LogP contribution in [0.5, 0.6) is 0 Å². The highest BCUT2D eigenvalue weighted by Crippen LogP contribution is 2.41. The number of hydrogen-bond acceptors (Lipinski definition) is 4. The summed E-state index contributed by atoms with van der Waals surface area (Å²) in [7, 11) is 0. The topological polar surface area (TPSA) is 71.5 Å². The highest BCUT2D eigenvalue weighted by Gasteiger charge is 2.53. The number of pyridine rings is 1. The third-order valence-electron chi connectivity index (χ3n) is 5.33. The zero-order valence-corrected chi connectivity index (χ0v) is 14.9. The van der Waals surface area contributed by atoms with Gasteiger partial charge in [-0.05, 0) is 37.3 Å². The molecule has 2 aliphatic rings. The number of rotatable bonds is 7. The van der Waals surface area contributed by atoms with Crippen molar-refractivity contribution in [1.82, 2.24) is 15.2 Å². The first-order valence-corrected chi connectivity index (χ1v) is 9.24. The van der Waals surface area contributed by atoms with Crippen LogP contribution in [0.3, 0.4) is 0 Å². The number of ether oxygens (including phenoxy) is 1. The Morgan fingerprint density at radius 1 is 1.36 bits per heavy atom. The van der Waals surface area contributed by atoms with E-state index in [-0.39, 0.29) is 17.4 Å². The van der Waals surface area contributed by atoms with E-state index in [0.29, 0.717) is 37.5 Å². The Balaban J connectivity index is 1.44. The van der Waals surface area contributed by atoms with Crippen LogP contribution in [0.15, 0.2) is 24.5 Å². The van der Waals surface area contributed by atoms with E-state index in [0.717, 1.165) is 32.3 Å². The molecule has 6 heteroatoms. The molecule has 0 saturated carbocycles. The van der Waals surface area contributed by atoms with Crippen molar-refractivity contribution in [2.75, 3.05) is 26.2 Å². The standard InChI is InChI=1S/C19H27N3O3/c1-2-3-4-17(23)22-13-19(14-22)16(8-12-25-19)7-11-21-18(24)15-5-9-20-10-6-15/h5-6,9-10,16H,2-4,7-8,11-14H2,1H3,(H,21,24)/t16-/m0/s1. The Bertz CT molecular complexity index is 599. The van der Waals surface area contributed by atoms with Crippen LogP contribution in [0, 0.1) is 5.92 Å². The minimum atomic E-state index is -0.177. The first kappa shape index (κ1) is 17.9. The van der Waals surface area contributed by atoms with Crippen LogP contribution in [0.25, 0.3) is 0 Å². The molecule has 1 aromatic rings. The number of hydrogen-bond donors (Lipinski definition) is 1. The van der Waals surface area contributed by atoms with Gasteiger partial charge in [-0.15, -0.1) is 0 Å². The molecule has 3 rings (SSSR count). The molecule has 1 N–H and O–H groups in total. The molecule has 1 aromatic heterocycles. The zero-order valence-electron chi connectivity index (χ0n) is 14.9. The average molecular weight is 345 g/mol. The van der Waals surface area contributed by atoms with Crippen molar-refractivity contribution < 1.29 is 14.3 Å². The number of nitrogens with zero attached hydrogens (tertiary/aromatic N) is 2. The molecular weight excluding hydrogens is 318 g/mol. The Hall–Kier alpha value is -1.95. The molecule has 0 aliphatic carbocycles. The average Bonchev–Trinajstić information content (AvgIpc) is 3.03. The third-order valence-corrected chi connectivity index (χ3v) is 5.33. The van der Waals surface area contributed by atoms with Crippen LogP contribution in [-0.4, -0.2) is 53.5 Å². The van der Waals surface area contributed by atoms with E-state index in [1.165, 1.54) is 0 Å². The molecule has 2 aliphatic heterocycles. The van der Waals surface area contributed by atoms with Crippen molar-refractivity contribution >= 4 is 11.8 Å². The summed E-state index contributed by atoms with van der Waals surface area (Å²) in [5.74, 6) is 0.577. The lowest BCUT2D eigenvalue weighted by Gasteiger charge is -2.50. The number of carbonyl (C=O) groups is 2. The van der Waals surface area contributed by atoms with Crippen LogP contribution in [0.2, 0.25) is 0 Å². The molecule has 2 fully saturated rings. The van der Waals surface area contributed by atoms with Crippen molar-refractivity contribution in [3.05, 3.63) is 30.1 Å². The maximum atomic E-state index is 12.1. The maximum Gasteiger partial charge on any atom is 0.251 e. The lowest BCUT2D eigenvalue weighted by molar-refractivity contribution is -0.165. The normalized spacial score (nSPS) is 21.2. The summed E-state index contributed by atoms with van der Waals surface area (Å²) in [6.45, 7) is 4.89. The summed E-state index contributed by atoms with van der Waals surface area (Å²) in [6, 6.07) is 3.42. The molecule has 0 aromatic carbocycles. The van der Waals surface area contributed by atoms with E-state index in [4.69, 9.17) is 4.74 Å². The van der Waals surface area contributed by atoms with Gasteiger partial charge in [0.1, 0.15) is 5.60 Å². The van der Waals surface area contributed by atoms with Gasteiger partial charge in [0, 0.05) is 37.5 Å². The largest absolute Gasteiger partial charge is 0.371 e. The maximum absolute atomic E-state index is 12.1. The first-order valence-electron chi connectivity index (χ1n) is 9.24. The summed E-state index contributed by atoms with van der Waals surface area (Å²) < 4.78 is 6.00. The van der Waals surface area contributed by atoms with E-state index in [2.05, 4.69) is 17.2 Å². The molecule has 2 saturated heterocycles. The van der Waals surface area contributed by atoms with Gasteiger partial charge in [0.15, 0.2) is 0 Å². The molecule has 136 valence electrons. The molecule has 2 amide bonds. The van der Waals surface area contributed by atoms with Gasteiger partial charge in [0.25, 0.3) is 5.91 Å². The van der Waals surface area contributed by atoms with Gasteiger partial charge in [0.05, 0.1) is 13.1 Å². The van der Waals surface area contributed by atoms with Gasteiger partial charge >= 0.3 is 0 Å². The second kappa shape index (κ2) is 7.95. The van der Waals surface area contributed by atoms with Gasteiger partial charge in [-0.2, -0.15) is 0 Å². The number of aromatic nitrogens is 1. The summed E-state index contributed by atoms with van der Waals surface area (Å²) in [5, 5.41) is 2.97. The van der Waals surface area contributed by atoms with Gasteiger partial charge < -0.3 is 15.0 Å². The molecule has 6 nitrogen and oxygen atoms in total. The van der Waals surface area contributed by atoms with Crippen LogP contribution >= 0.6 is 0 Å². The smallest absolute Gasteiger partial charge is 0.251 e. The van der Waals surface area contributed by atoms with Crippen molar-refractivity contribution in [3.63, 3.8) is 0 Å². The van der Waals surface area contributed by atoms with Gasteiger partial charge in [-0.3, -0.25) is 14.6 Å². The molecule has 25 heavy (non-hydrogen) atoms. The van der Waals surface area contributed by atoms with Crippen LogP contribution in [0.4, 0.5) is 0 Å². The molecule has 0 bridgehead atoms. The first-order chi connectivity index (χ1) is 12.1. The van der Waals surface area contributed by atoms with E-state index >= 15 is 0 Å². The van der Waals surface area contributed by atoms with E-state index in [1.54, 1.807) is 24.5 Å². The fourth-order valence-corrected chi connectivity index (χ4v) is 3.77. The van der Waals surface area contributed by atoms with Crippen LogP contribution < -0.4 is 5.32 Å². The van der Waals surface area contributed by atoms with Crippen LogP contribution in [-0.2, 0) is 9.53 Å².